The van der Waals surface area contributed by atoms with Crippen LogP contribution in [0.25, 0.3) is 10.9 Å². The molecule has 0 spiro atoms. The number of nitrogens with one attached hydrogen (secondary N) is 3. The molecule has 0 aliphatic rings. The van der Waals surface area contributed by atoms with Gasteiger partial charge in [0.05, 0.1) is 26.1 Å². The van der Waals surface area contributed by atoms with Crippen molar-refractivity contribution in [2.75, 3.05) is 23.2 Å². The van der Waals surface area contributed by atoms with E-state index in [4.69, 9.17) is 32.4 Å². The predicted molar refractivity (Wildman–Crippen MR) is 171 cm³/mol. The molecule has 0 aliphatic carbocycles. The fourth-order valence-electron chi connectivity index (χ4n) is 4.45. The Hall–Kier alpha value is -5.06. The van der Waals surface area contributed by atoms with Crippen molar-refractivity contribution < 1.29 is 9.15 Å². The topological polar surface area (TPSA) is 114 Å². The van der Waals surface area contributed by atoms with Gasteiger partial charge in [-0.3, -0.25) is 0 Å². The molecule has 0 amide bonds. The normalized spacial score (nSPS) is 11.2. The minimum Gasteiger partial charge on any atom is -0.497 e. The Bertz CT molecular complexity index is 1870. The van der Waals surface area contributed by atoms with Crippen molar-refractivity contribution in [1.82, 2.24) is 19.5 Å². The van der Waals surface area contributed by atoms with E-state index in [9.17, 15) is 0 Å². The molecule has 0 saturated heterocycles. The Morgan fingerprint density at radius 3 is 2.53 bits per heavy atom. The summed E-state index contributed by atoms with van der Waals surface area (Å²) >= 11 is 12.5. The van der Waals surface area contributed by atoms with Crippen LogP contribution in [0.3, 0.4) is 0 Å². The average Bonchev–Trinajstić information content (AvgIpc) is 3.66. The number of rotatable bonds is 11. The zero-order chi connectivity index (χ0) is 29.6. The fraction of sp³-hybridized carbons (Fsp3) is 0.0968. The molecule has 43 heavy (non-hydrogen) atoms. The van der Waals surface area contributed by atoms with Gasteiger partial charge in [-0.05, 0) is 60.2 Å². The summed E-state index contributed by atoms with van der Waals surface area (Å²) in [5.74, 6) is 2.42. The number of ether oxygens (including phenoxy) is 1. The number of hydrogen-bond donors (Lipinski definition) is 3. The van der Waals surface area contributed by atoms with Crippen molar-refractivity contribution >= 4 is 63.9 Å². The number of fused-ring (bicyclic) bond motifs is 1. The van der Waals surface area contributed by atoms with Gasteiger partial charge in [0.25, 0.3) is 0 Å². The van der Waals surface area contributed by atoms with E-state index >= 15 is 0 Å². The van der Waals surface area contributed by atoms with Crippen molar-refractivity contribution in [3.63, 3.8) is 0 Å². The maximum atomic E-state index is 6.46. The van der Waals surface area contributed by atoms with Gasteiger partial charge in [0, 0.05) is 44.9 Å². The second-order valence-corrected chi connectivity index (χ2v) is 10.3. The van der Waals surface area contributed by atoms with Crippen molar-refractivity contribution in [2.24, 2.45) is 5.10 Å². The maximum absolute atomic E-state index is 6.46. The van der Waals surface area contributed by atoms with E-state index in [0.717, 1.165) is 39.2 Å². The number of methoxy groups -OCH3 is 1. The van der Waals surface area contributed by atoms with E-state index in [2.05, 4.69) is 46.7 Å². The van der Waals surface area contributed by atoms with Crippen molar-refractivity contribution in [1.29, 1.82) is 0 Å². The second kappa shape index (κ2) is 12.8. The third kappa shape index (κ3) is 6.88. The minimum atomic E-state index is 0.251. The fourth-order valence-corrected chi connectivity index (χ4v) is 4.91. The summed E-state index contributed by atoms with van der Waals surface area (Å²) in [6, 6.07) is 24.8. The summed E-state index contributed by atoms with van der Waals surface area (Å²) in [7, 11) is 1.62. The van der Waals surface area contributed by atoms with Crippen LogP contribution >= 0.6 is 23.2 Å². The first-order valence-electron chi connectivity index (χ1n) is 13.3. The molecule has 0 atom stereocenters. The number of anilines is 4. The standard InChI is InChI=1S/C31H26Cl2N8O2/c1-42-24-12-10-23(11-13-24)36-30-37-29(34-17-25-5-4-14-43-25)38-31(39-30)40-35-16-21-19-41(28-7-3-2-6-26(21)28)18-20-8-9-22(32)15-27(20)33/h2-16,19H,17-18H2,1H3,(H3,34,36,37,38,39,40). The molecule has 0 fully saturated rings. The molecule has 0 radical (unpaired) electrons. The lowest BCUT2D eigenvalue weighted by atomic mass is 10.2. The highest BCUT2D eigenvalue weighted by atomic mass is 35.5. The highest BCUT2D eigenvalue weighted by Gasteiger charge is 2.11. The second-order valence-electron chi connectivity index (χ2n) is 9.43. The highest BCUT2D eigenvalue weighted by Crippen LogP contribution is 2.26. The number of halogens is 2. The first-order valence-corrected chi connectivity index (χ1v) is 14.0. The monoisotopic (exact) mass is 612 g/mol. The van der Waals surface area contributed by atoms with Crippen molar-refractivity contribution in [2.45, 2.75) is 13.1 Å². The summed E-state index contributed by atoms with van der Waals surface area (Å²) in [5.41, 5.74) is 6.66. The summed E-state index contributed by atoms with van der Waals surface area (Å²) in [6.45, 7) is 0.981. The molecular weight excluding hydrogens is 587 g/mol. The lowest BCUT2D eigenvalue weighted by molar-refractivity contribution is 0.415. The molecule has 0 bridgehead atoms. The van der Waals surface area contributed by atoms with E-state index in [1.165, 1.54) is 0 Å². The number of para-hydroxylation sites is 1. The first-order chi connectivity index (χ1) is 21.0. The van der Waals surface area contributed by atoms with Gasteiger partial charge >= 0.3 is 0 Å². The molecule has 0 aliphatic heterocycles. The number of aromatic nitrogens is 4. The Kier molecular flexibility index (Phi) is 8.39. The summed E-state index contributed by atoms with van der Waals surface area (Å²) in [5, 5.41) is 13.1. The third-order valence-electron chi connectivity index (χ3n) is 6.53. The molecule has 3 heterocycles. The van der Waals surface area contributed by atoms with Gasteiger partial charge in [-0.25, -0.2) is 5.43 Å². The molecule has 6 aromatic rings. The van der Waals surface area contributed by atoms with E-state index in [0.29, 0.717) is 35.0 Å². The van der Waals surface area contributed by atoms with Crippen LogP contribution in [-0.2, 0) is 13.1 Å². The lowest BCUT2D eigenvalue weighted by Crippen LogP contribution is -2.09. The summed E-state index contributed by atoms with van der Waals surface area (Å²) in [4.78, 5) is 13.5. The van der Waals surface area contributed by atoms with Gasteiger partial charge in [-0.1, -0.05) is 47.5 Å². The number of nitrogens with zero attached hydrogens (tertiary/aromatic N) is 5. The van der Waals surface area contributed by atoms with Gasteiger partial charge in [-0.15, -0.1) is 0 Å². The van der Waals surface area contributed by atoms with Crippen LogP contribution in [0, 0.1) is 0 Å². The van der Waals surface area contributed by atoms with Gasteiger partial charge in [0.15, 0.2) is 0 Å². The minimum absolute atomic E-state index is 0.251. The van der Waals surface area contributed by atoms with Gasteiger partial charge in [-0.2, -0.15) is 20.1 Å². The highest BCUT2D eigenvalue weighted by molar-refractivity contribution is 6.35. The molecule has 10 nitrogen and oxygen atoms in total. The van der Waals surface area contributed by atoms with Crippen LogP contribution in [0.4, 0.5) is 23.5 Å². The first kappa shape index (κ1) is 28.1. The molecule has 12 heteroatoms. The van der Waals surface area contributed by atoms with E-state index in [1.54, 1.807) is 25.7 Å². The van der Waals surface area contributed by atoms with Crippen LogP contribution in [0.2, 0.25) is 10.0 Å². The number of hydrazone groups is 1. The number of hydrogen-bond acceptors (Lipinski definition) is 9. The van der Waals surface area contributed by atoms with Crippen LogP contribution in [0.15, 0.2) is 101 Å². The van der Waals surface area contributed by atoms with E-state index in [-0.39, 0.29) is 5.95 Å². The predicted octanol–water partition coefficient (Wildman–Crippen LogP) is 7.58. The largest absolute Gasteiger partial charge is 0.497 e. The molecule has 0 saturated carbocycles. The van der Waals surface area contributed by atoms with Crippen LogP contribution in [0.1, 0.15) is 16.9 Å². The zero-order valence-electron chi connectivity index (χ0n) is 23.0. The average molecular weight is 614 g/mol. The lowest BCUT2D eigenvalue weighted by Gasteiger charge is -2.10. The zero-order valence-corrected chi connectivity index (χ0v) is 24.5. The Labute approximate surface area is 257 Å². The molecular formula is C31H26Cl2N8O2. The Balaban J connectivity index is 1.24. The third-order valence-corrected chi connectivity index (χ3v) is 7.11. The van der Waals surface area contributed by atoms with E-state index in [1.807, 2.05) is 72.9 Å². The summed E-state index contributed by atoms with van der Waals surface area (Å²) < 4.78 is 12.8. The molecule has 3 aromatic carbocycles. The van der Waals surface area contributed by atoms with Gasteiger partial charge in [0.1, 0.15) is 11.5 Å². The SMILES string of the molecule is COc1ccc(Nc2nc(NCc3ccco3)nc(NN=Cc3cn(Cc4ccc(Cl)cc4Cl)c4ccccc34)n2)cc1. The van der Waals surface area contributed by atoms with Gasteiger partial charge < -0.3 is 24.4 Å². The Morgan fingerprint density at radius 1 is 0.930 bits per heavy atom. The quantitative estimate of drug-likeness (QED) is 0.101. The summed E-state index contributed by atoms with van der Waals surface area (Å²) in [6.07, 6.45) is 5.38. The van der Waals surface area contributed by atoms with Crippen LogP contribution in [-0.4, -0.2) is 32.8 Å². The number of benzene rings is 3. The van der Waals surface area contributed by atoms with Crippen LogP contribution in [0.5, 0.6) is 5.75 Å². The van der Waals surface area contributed by atoms with E-state index < -0.39 is 0 Å². The number of furan rings is 1. The van der Waals surface area contributed by atoms with Gasteiger partial charge in [0.2, 0.25) is 17.8 Å². The van der Waals surface area contributed by atoms with Crippen molar-refractivity contribution in [3.8, 4) is 5.75 Å². The van der Waals surface area contributed by atoms with Crippen molar-refractivity contribution in [3.05, 3.63) is 118 Å². The molecule has 3 aromatic heterocycles. The maximum Gasteiger partial charge on any atom is 0.250 e. The van der Waals surface area contributed by atoms with Crippen LogP contribution < -0.4 is 20.8 Å². The molecule has 216 valence electrons. The molecule has 0 unspecified atom stereocenters. The smallest absolute Gasteiger partial charge is 0.250 e. The molecule has 3 N–H and O–H groups in total. The Morgan fingerprint density at radius 2 is 1.74 bits per heavy atom. The molecule has 6 rings (SSSR count).